The Kier molecular flexibility index (Phi) is 5.78. The van der Waals surface area contributed by atoms with Gasteiger partial charge in [0.15, 0.2) is 5.82 Å². The number of aryl methyl sites for hydroxylation is 1. The van der Waals surface area contributed by atoms with Crippen molar-refractivity contribution in [2.75, 3.05) is 19.4 Å². The number of rotatable bonds is 5. The zero-order chi connectivity index (χ0) is 21.3. The summed E-state index contributed by atoms with van der Waals surface area (Å²) in [6.07, 6.45) is 0. The third-order valence-corrected chi connectivity index (χ3v) is 6.83. The second-order valence-corrected chi connectivity index (χ2v) is 9.16. The van der Waals surface area contributed by atoms with Gasteiger partial charge in [-0.1, -0.05) is 0 Å². The topological polar surface area (TPSA) is 110 Å². The highest BCUT2D eigenvalue weighted by Crippen LogP contribution is 2.26. The molecule has 0 spiro atoms. The number of aromatic nitrogens is 4. The highest BCUT2D eigenvalue weighted by atomic mass is 79.9. The van der Waals surface area contributed by atoms with Gasteiger partial charge in [0, 0.05) is 24.1 Å². The number of halogens is 2. The van der Waals surface area contributed by atoms with Crippen molar-refractivity contribution in [3.8, 4) is 5.69 Å². The van der Waals surface area contributed by atoms with Crippen molar-refractivity contribution >= 4 is 37.5 Å². The number of hydrogen-bond donors (Lipinski definition) is 1. The minimum absolute atomic E-state index is 0.0528. The van der Waals surface area contributed by atoms with Crippen LogP contribution in [0, 0.1) is 12.7 Å². The predicted molar refractivity (Wildman–Crippen MR) is 107 cm³/mol. The fourth-order valence-corrected chi connectivity index (χ4v) is 4.29. The second kappa shape index (κ2) is 7.97. The van der Waals surface area contributed by atoms with E-state index in [-0.39, 0.29) is 16.1 Å². The molecule has 0 atom stereocenters. The summed E-state index contributed by atoms with van der Waals surface area (Å²) >= 11 is 3.18. The minimum Gasteiger partial charge on any atom is -0.319 e. The Hall–Kier alpha value is -2.70. The van der Waals surface area contributed by atoms with E-state index in [1.807, 2.05) is 0 Å². The van der Waals surface area contributed by atoms with Gasteiger partial charge in [-0.15, -0.1) is 5.10 Å². The molecule has 29 heavy (non-hydrogen) atoms. The average Bonchev–Trinajstić information content (AvgIpc) is 3.09. The number of nitrogens with one attached hydrogen (secondary N) is 1. The van der Waals surface area contributed by atoms with Crippen molar-refractivity contribution in [3.05, 3.63) is 58.1 Å². The number of carbonyl (C=O) groups is 1. The maximum absolute atomic E-state index is 14.2. The Bertz CT molecular complexity index is 1200. The summed E-state index contributed by atoms with van der Waals surface area (Å²) in [5.41, 5.74) is 0.412. The average molecular weight is 483 g/mol. The zero-order valence-corrected chi connectivity index (χ0v) is 18.0. The van der Waals surface area contributed by atoms with E-state index in [1.165, 1.54) is 55.2 Å². The van der Waals surface area contributed by atoms with Crippen LogP contribution in [-0.4, -0.2) is 52.9 Å². The molecule has 1 aromatic heterocycles. The maximum atomic E-state index is 14.2. The summed E-state index contributed by atoms with van der Waals surface area (Å²) in [5.74, 6) is -0.844. The molecule has 0 saturated carbocycles. The first kappa shape index (κ1) is 21.0. The Labute approximate surface area is 174 Å². The number of hydrogen-bond acceptors (Lipinski definition) is 6. The van der Waals surface area contributed by atoms with Crippen LogP contribution in [0.5, 0.6) is 0 Å². The van der Waals surface area contributed by atoms with E-state index in [9.17, 15) is 17.6 Å². The van der Waals surface area contributed by atoms with E-state index in [0.29, 0.717) is 16.0 Å². The SMILES string of the molecule is Cc1nnnn1-c1ccc(F)c(NC(=O)c2ccc(Br)c(S(=O)(=O)N(C)C)c2)c1. The first-order chi connectivity index (χ1) is 13.6. The molecule has 0 fully saturated rings. The van der Waals surface area contributed by atoms with Crippen molar-refractivity contribution in [3.63, 3.8) is 0 Å². The van der Waals surface area contributed by atoms with Crippen molar-refractivity contribution in [1.82, 2.24) is 24.5 Å². The Morgan fingerprint density at radius 2 is 1.93 bits per heavy atom. The van der Waals surface area contributed by atoms with Gasteiger partial charge in [-0.05, 0) is 69.7 Å². The van der Waals surface area contributed by atoms with Crippen LogP contribution in [0.15, 0.2) is 45.8 Å². The van der Waals surface area contributed by atoms with E-state index in [2.05, 4.69) is 36.8 Å². The van der Waals surface area contributed by atoms with Crippen molar-refractivity contribution in [2.24, 2.45) is 0 Å². The van der Waals surface area contributed by atoms with E-state index < -0.39 is 21.7 Å². The number of benzene rings is 2. The molecule has 0 radical (unpaired) electrons. The highest BCUT2D eigenvalue weighted by Gasteiger charge is 2.22. The lowest BCUT2D eigenvalue weighted by atomic mass is 10.2. The van der Waals surface area contributed by atoms with Gasteiger partial charge in [-0.3, -0.25) is 4.79 Å². The molecule has 1 amide bonds. The molecule has 12 heteroatoms. The predicted octanol–water partition coefficient (Wildman–Crippen LogP) is 2.37. The number of nitrogens with zero attached hydrogens (tertiary/aromatic N) is 5. The van der Waals surface area contributed by atoms with Gasteiger partial charge in [0.05, 0.1) is 16.3 Å². The first-order valence-electron chi connectivity index (χ1n) is 8.19. The summed E-state index contributed by atoms with van der Waals surface area (Å²) < 4.78 is 41.8. The summed E-state index contributed by atoms with van der Waals surface area (Å²) in [4.78, 5) is 12.6. The molecular formula is C17H16BrFN6O3S. The van der Waals surface area contributed by atoms with Gasteiger partial charge in [0.2, 0.25) is 10.0 Å². The Morgan fingerprint density at radius 1 is 1.21 bits per heavy atom. The molecule has 0 aliphatic heterocycles. The fourth-order valence-electron chi connectivity index (χ4n) is 2.44. The van der Waals surface area contributed by atoms with Crippen LogP contribution in [0.1, 0.15) is 16.2 Å². The summed E-state index contributed by atoms with van der Waals surface area (Å²) in [7, 11) is -1.01. The fraction of sp³-hybridized carbons (Fsp3) is 0.176. The van der Waals surface area contributed by atoms with Gasteiger partial charge in [0.25, 0.3) is 5.91 Å². The van der Waals surface area contributed by atoms with E-state index in [1.54, 1.807) is 6.92 Å². The zero-order valence-electron chi connectivity index (χ0n) is 15.6. The van der Waals surface area contributed by atoms with E-state index in [4.69, 9.17) is 0 Å². The van der Waals surface area contributed by atoms with Crippen LogP contribution < -0.4 is 5.32 Å². The van der Waals surface area contributed by atoms with Gasteiger partial charge in [-0.2, -0.15) is 4.68 Å². The smallest absolute Gasteiger partial charge is 0.255 e. The molecule has 2 aromatic carbocycles. The standard InChI is InChI=1S/C17H16BrFN6O3S/c1-10-21-22-23-25(10)12-5-7-14(19)15(9-12)20-17(26)11-4-6-13(18)16(8-11)29(27,28)24(2)3/h4-9H,1-3H3,(H,20,26). The molecule has 0 aliphatic carbocycles. The van der Waals surface area contributed by atoms with Crippen LogP contribution >= 0.6 is 15.9 Å². The molecule has 1 heterocycles. The van der Waals surface area contributed by atoms with Crippen LogP contribution in [0.2, 0.25) is 0 Å². The van der Waals surface area contributed by atoms with Gasteiger partial charge < -0.3 is 5.32 Å². The lowest BCUT2D eigenvalue weighted by molar-refractivity contribution is 0.102. The van der Waals surface area contributed by atoms with Crippen LogP contribution in [0.3, 0.4) is 0 Å². The molecule has 9 nitrogen and oxygen atoms in total. The summed E-state index contributed by atoms with van der Waals surface area (Å²) in [5, 5.41) is 13.6. The third-order valence-electron chi connectivity index (χ3n) is 4.02. The normalized spacial score (nSPS) is 11.7. The third kappa shape index (κ3) is 4.18. The summed E-state index contributed by atoms with van der Waals surface area (Å²) in [6.45, 7) is 1.68. The maximum Gasteiger partial charge on any atom is 0.255 e. The monoisotopic (exact) mass is 482 g/mol. The number of tetrazole rings is 1. The lowest BCUT2D eigenvalue weighted by Crippen LogP contribution is -2.23. The quantitative estimate of drug-likeness (QED) is 0.597. The van der Waals surface area contributed by atoms with E-state index in [0.717, 1.165) is 4.31 Å². The van der Waals surface area contributed by atoms with Crippen LogP contribution in [0.4, 0.5) is 10.1 Å². The second-order valence-electron chi connectivity index (χ2n) is 6.19. The molecule has 0 unspecified atom stereocenters. The molecule has 0 bridgehead atoms. The number of carbonyl (C=O) groups excluding carboxylic acids is 1. The van der Waals surface area contributed by atoms with Crippen molar-refractivity contribution in [2.45, 2.75) is 11.8 Å². The number of anilines is 1. The first-order valence-corrected chi connectivity index (χ1v) is 10.4. The van der Waals surface area contributed by atoms with E-state index >= 15 is 0 Å². The molecule has 3 aromatic rings. The minimum atomic E-state index is -3.78. The molecule has 3 rings (SSSR count). The molecular weight excluding hydrogens is 467 g/mol. The molecule has 0 aliphatic rings. The van der Waals surface area contributed by atoms with Crippen LogP contribution in [-0.2, 0) is 10.0 Å². The number of sulfonamides is 1. The highest BCUT2D eigenvalue weighted by molar-refractivity contribution is 9.10. The van der Waals surface area contributed by atoms with Crippen molar-refractivity contribution < 1.29 is 17.6 Å². The number of amides is 1. The van der Waals surface area contributed by atoms with Gasteiger partial charge >= 0.3 is 0 Å². The van der Waals surface area contributed by atoms with Crippen LogP contribution in [0.25, 0.3) is 5.69 Å². The molecule has 152 valence electrons. The molecule has 1 N–H and O–H groups in total. The Morgan fingerprint density at radius 3 is 2.55 bits per heavy atom. The molecule has 0 saturated heterocycles. The lowest BCUT2D eigenvalue weighted by Gasteiger charge is -2.14. The van der Waals surface area contributed by atoms with Crippen molar-refractivity contribution in [1.29, 1.82) is 0 Å². The van der Waals surface area contributed by atoms with Gasteiger partial charge in [-0.25, -0.2) is 17.1 Å². The largest absolute Gasteiger partial charge is 0.319 e. The Balaban J connectivity index is 1.95. The summed E-state index contributed by atoms with van der Waals surface area (Å²) in [6, 6.07) is 8.13. The van der Waals surface area contributed by atoms with Gasteiger partial charge in [0.1, 0.15) is 5.82 Å².